The second-order valence-corrected chi connectivity index (χ2v) is 15.1. The lowest BCUT2D eigenvalue weighted by molar-refractivity contribution is -0.340. The van der Waals surface area contributed by atoms with Gasteiger partial charge >= 0.3 is 12.4 Å². The summed E-state index contributed by atoms with van der Waals surface area (Å²) in [6.07, 6.45) is 6.35. The number of nitrogens with zero attached hydrogens (tertiary/aromatic N) is 5. The fourth-order valence-electron chi connectivity index (χ4n) is 9.00. The van der Waals surface area contributed by atoms with Crippen LogP contribution in [0.4, 0.5) is 27.8 Å². The molecule has 52 heavy (non-hydrogen) atoms. The standard InChI is InChI=1S/C38H37F5N6O3/c1-2-24-26(39)8-6-20-14-22(50)15-25(30(20)24)33-32(40)34-31-28(45-33)4-3-5-29-27-9-7-21(44-27)16-49(29)35(31)47-36(46-34)51-19-37(11-12-37)18-48-13-10-23(17-48)52-38(41,42)43/h1,6,8,14-15,21,23,27,29,44,50H,3-5,7,9-13,16-19H2/t21-,23+,27+,29-/m1/s1. The summed E-state index contributed by atoms with van der Waals surface area (Å²) < 4.78 is 81.4. The number of rotatable bonds is 7. The molecule has 2 N–H and O–H groups in total. The van der Waals surface area contributed by atoms with Gasteiger partial charge < -0.3 is 20.1 Å². The molecule has 4 fully saturated rings. The number of hydrogen-bond donors (Lipinski definition) is 2. The van der Waals surface area contributed by atoms with Crippen molar-refractivity contribution in [3.63, 3.8) is 0 Å². The van der Waals surface area contributed by atoms with Crippen LogP contribution in [0.5, 0.6) is 11.8 Å². The second kappa shape index (κ2) is 12.4. The highest BCUT2D eigenvalue weighted by Gasteiger charge is 2.47. The summed E-state index contributed by atoms with van der Waals surface area (Å²) in [5, 5.41) is 15.6. The average molecular weight is 721 g/mol. The van der Waals surface area contributed by atoms with Gasteiger partial charge in [0.2, 0.25) is 0 Å². The molecular formula is C38H37F5N6O3. The fraction of sp³-hybridized carbons (Fsp3) is 0.500. The van der Waals surface area contributed by atoms with Gasteiger partial charge in [-0.15, -0.1) is 19.6 Å². The Morgan fingerprint density at radius 2 is 1.88 bits per heavy atom. The maximum Gasteiger partial charge on any atom is 0.522 e. The fourth-order valence-corrected chi connectivity index (χ4v) is 9.00. The van der Waals surface area contributed by atoms with Gasteiger partial charge in [0, 0.05) is 60.7 Å². The Bertz CT molecular complexity index is 2140. The molecule has 3 saturated heterocycles. The van der Waals surface area contributed by atoms with Gasteiger partial charge in [-0.1, -0.05) is 12.0 Å². The lowest BCUT2D eigenvalue weighted by atomic mass is 9.92. The molecule has 4 aromatic rings. The maximum absolute atomic E-state index is 17.2. The summed E-state index contributed by atoms with van der Waals surface area (Å²) in [4.78, 5) is 18.7. The normalized spacial score (nSPS) is 25.2. The zero-order valence-corrected chi connectivity index (χ0v) is 28.3. The number of fused-ring (bicyclic) bond motifs is 6. The highest BCUT2D eigenvalue weighted by atomic mass is 19.4. The van der Waals surface area contributed by atoms with Crippen LogP contribution < -0.4 is 15.0 Å². The third kappa shape index (κ3) is 5.96. The second-order valence-electron chi connectivity index (χ2n) is 15.1. The number of pyridine rings is 1. The van der Waals surface area contributed by atoms with Crippen molar-refractivity contribution in [3.8, 4) is 35.4 Å². The summed E-state index contributed by atoms with van der Waals surface area (Å²) in [6.45, 7) is 2.11. The van der Waals surface area contributed by atoms with Gasteiger partial charge in [0.05, 0.1) is 29.4 Å². The molecule has 14 heteroatoms. The molecule has 2 aromatic heterocycles. The van der Waals surface area contributed by atoms with E-state index in [2.05, 4.69) is 25.9 Å². The first-order valence-corrected chi connectivity index (χ1v) is 17.9. The lowest BCUT2D eigenvalue weighted by Crippen LogP contribution is -2.58. The number of phenols is 1. The Balaban J connectivity index is 1.13. The molecule has 4 atom stereocenters. The van der Waals surface area contributed by atoms with Gasteiger partial charge in [-0.3, -0.25) is 9.64 Å². The molecule has 0 unspecified atom stereocenters. The molecule has 2 aromatic carbocycles. The zero-order valence-electron chi connectivity index (χ0n) is 28.3. The number of phenolic OH excluding ortho intramolecular Hbond substituents is 1. The highest BCUT2D eigenvalue weighted by Crippen LogP contribution is 2.48. The van der Waals surface area contributed by atoms with E-state index in [1.807, 2.05) is 4.90 Å². The van der Waals surface area contributed by atoms with Crippen LogP contribution in [-0.2, 0) is 11.2 Å². The number of aromatic nitrogens is 3. The highest BCUT2D eigenvalue weighted by molar-refractivity contribution is 6.03. The Morgan fingerprint density at radius 1 is 1.04 bits per heavy atom. The van der Waals surface area contributed by atoms with Crippen LogP contribution in [-0.4, -0.2) is 88.3 Å². The number of piperazine rings is 1. The predicted octanol–water partition coefficient (Wildman–Crippen LogP) is 6.23. The van der Waals surface area contributed by atoms with E-state index in [0.29, 0.717) is 54.8 Å². The predicted molar refractivity (Wildman–Crippen MR) is 183 cm³/mol. The Morgan fingerprint density at radius 3 is 2.67 bits per heavy atom. The lowest BCUT2D eigenvalue weighted by Gasteiger charge is -2.43. The monoisotopic (exact) mass is 720 g/mol. The molecule has 4 aliphatic heterocycles. The van der Waals surface area contributed by atoms with Crippen LogP contribution in [0.1, 0.15) is 56.2 Å². The summed E-state index contributed by atoms with van der Waals surface area (Å²) in [5.74, 6) is 1.38. The molecule has 0 radical (unpaired) electrons. The number of nitrogens with one attached hydrogen (secondary N) is 1. The van der Waals surface area contributed by atoms with Crippen LogP contribution in [0.3, 0.4) is 0 Å². The molecule has 9 rings (SSSR count). The van der Waals surface area contributed by atoms with Crippen molar-refractivity contribution in [2.75, 3.05) is 37.7 Å². The Labute approximate surface area is 296 Å². The first kappa shape index (κ1) is 33.5. The largest absolute Gasteiger partial charge is 0.522 e. The summed E-state index contributed by atoms with van der Waals surface area (Å²) in [6, 6.07) is 6.14. The minimum atomic E-state index is -4.67. The number of alkyl halides is 3. The van der Waals surface area contributed by atoms with E-state index in [-0.39, 0.29) is 76.2 Å². The number of aryl methyl sites for hydroxylation is 1. The molecule has 2 bridgehead atoms. The minimum absolute atomic E-state index is 0.00296. The number of halogens is 5. The average Bonchev–Trinajstić information content (AvgIpc) is 3.55. The first-order valence-electron chi connectivity index (χ1n) is 17.9. The van der Waals surface area contributed by atoms with Crippen LogP contribution >= 0.6 is 0 Å². The minimum Gasteiger partial charge on any atom is -0.508 e. The summed E-state index contributed by atoms with van der Waals surface area (Å²) in [7, 11) is 0. The molecule has 1 aliphatic carbocycles. The van der Waals surface area contributed by atoms with Crippen LogP contribution in [0.2, 0.25) is 0 Å². The van der Waals surface area contributed by atoms with E-state index in [1.54, 1.807) is 0 Å². The molecule has 0 amide bonds. The Hall–Kier alpha value is -4.32. The van der Waals surface area contributed by atoms with Crippen LogP contribution in [0.25, 0.3) is 32.9 Å². The number of terminal acetylenes is 1. The van der Waals surface area contributed by atoms with Crippen molar-refractivity contribution >= 4 is 27.5 Å². The van der Waals surface area contributed by atoms with Crippen molar-refractivity contribution < 1.29 is 36.5 Å². The van der Waals surface area contributed by atoms with E-state index in [4.69, 9.17) is 21.1 Å². The zero-order chi connectivity index (χ0) is 35.9. The third-order valence-electron chi connectivity index (χ3n) is 11.6. The number of aromatic hydroxyl groups is 1. The number of benzene rings is 2. The third-order valence-corrected chi connectivity index (χ3v) is 11.6. The summed E-state index contributed by atoms with van der Waals surface area (Å²) in [5.41, 5.74) is 0.288. The van der Waals surface area contributed by atoms with Gasteiger partial charge in [-0.2, -0.15) is 9.97 Å². The van der Waals surface area contributed by atoms with Gasteiger partial charge in [0.15, 0.2) is 5.82 Å². The van der Waals surface area contributed by atoms with Gasteiger partial charge in [-0.25, -0.2) is 13.8 Å². The number of anilines is 1. The molecule has 0 spiro atoms. The summed E-state index contributed by atoms with van der Waals surface area (Å²) >= 11 is 0. The Kier molecular flexibility index (Phi) is 7.98. The van der Waals surface area contributed by atoms with Crippen molar-refractivity contribution in [2.24, 2.45) is 5.41 Å². The van der Waals surface area contributed by atoms with E-state index in [1.165, 1.54) is 24.3 Å². The van der Waals surface area contributed by atoms with E-state index in [9.17, 15) is 18.3 Å². The molecule has 9 nitrogen and oxygen atoms in total. The number of likely N-dealkylation sites (tertiary alicyclic amines) is 1. The van der Waals surface area contributed by atoms with Crippen molar-refractivity contribution in [1.82, 2.24) is 25.2 Å². The molecule has 5 aliphatic rings. The smallest absolute Gasteiger partial charge is 0.508 e. The first-order chi connectivity index (χ1) is 25.0. The van der Waals surface area contributed by atoms with Gasteiger partial charge in [0.1, 0.15) is 28.6 Å². The SMILES string of the molecule is C#Cc1c(F)ccc2cc(O)cc(-c3nc4c5c(nc(OCC6(CN7CC[C@H](OC(F)(F)F)C7)CC6)nc5c3F)N3C[C@H]5CC[C@H](N5)[C@H]3CCC4)c12. The number of ether oxygens (including phenoxy) is 2. The molecular weight excluding hydrogens is 683 g/mol. The molecule has 1 saturated carbocycles. The van der Waals surface area contributed by atoms with Gasteiger partial charge in [0.25, 0.3) is 0 Å². The van der Waals surface area contributed by atoms with Crippen molar-refractivity contribution in [1.29, 1.82) is 0 Å². The van der Waals surface area contributed by atoms with E-state index in [0.717, 1.165) is 38.5 Å². The maximum atomic E-state index is 17.2. The van der Waals surface area contributed by atoms with Crippen LogP contribution in [0, 0.1) is 29.4 Å². The van der Waals surface area contributed by atoms with E-state index >= 15 is 8.78 Å². The van der Waals surface area contributed by atoms with Crippen molar-refractivity contribution in [2.45, 2.75) is 82.0 Å². The topological polar surface area (TPSA) is 95.9 Å². The van der Waals surface area contributed by atoms with Crippen molar-refractivity contribution in [3.05, 3.63) is 47.2 Å². The van der Waals surface area contributed by atoms with Gasteiger partial charge in [-0.05, 0) is 75.0 Å². The molecule has 272 valence electrons. The molecule has 6 heterocycles. The number of hydrogen-bond acceptors (Lipinski definition) is 9. The van der Waals surface area contributed by atoms with E-state index < -0.39 is 24.1 Å². The quantitative estimate of drug-likeness (QED) is 0.170. The van der Waals surface area contributed by atoms with Crippen LogP contribution in [0.15, 0.2) is 24.3 Å².